The Bertz CT molecular complexity index is 1180. The molecule has 0 atom stereocenters. The molecule has 2 N–H and O–H groups in total. The van der Waals surface area contributed by atoms with Crippen LogP contribution in [0.3, 0.4) is 0 Å². The third-order valence-electron chi connectivity index (χ3n) is 6.57. The summed E-state index contributed by atoms with van der Waals surface area (Å²) >= 11 is 0. The fraction of sp³-hybridized carbons (Fsp3) is 0.444. The molecule has 1 amide bonds. The largest absolute Gasteiger partial charge is 0.497 e. The van der Waals surface area contributed by atoms with Crippen LogP contribution >= 0.6 is 0 Å². The van der Waals surface area contributed by atoms with Crippen LogP contribution in [0.2, 0.25) is 0 Å². The zero-order valence-corrected chi connectivity index (χ0v) is 21.8. The van der Waals surface area contributed by atoms with E-state index in [2.05, 4.69) is 32.1 Å². The summed E-state index contributed by atoms with van der Waals surface area (Å²) in [7, 11) is 5.34. The van der Waals surface area contributed by atoms with Gasteiger partial charge in [-0.05, 0) is 38.2 Å². The van der Waals surface area contributed by atoms with Crippen LogP contribution in [0.25, 0.3) is 11.0 Å². The van der Waals surface area contributed by atoms with Crippen LogP contribution in [0.15, 0.2) is 42.6 Å². The lowest BCUT2D eigenvalue weighted by molar-refractivity contribution is 0.0944. The van der Waals surface area contributed by atoms with Crippen molar-refractivity contribution >= 4 is 28.3 Å². The number of hydrogen-bond acceptors (Lipinski definition) is 9. The number of carbonyl (C=O) groups excluding carboxylic acids is 1. The molecule has 2 heterocycles. The van der Waals surface area contributed by atoms with E-state index in [0.717, 1.165) is 50.5 Å². The monoisotopic (exact) mass is 508 g/mol. The first-order chi connectivity index (χ1) is 18.0. The Labute approximate surface area is 217 Å². The van der Waals surface area contributed by atoms with Crippen molar-refractivity contribution in [2.24, 2.45) is 0 Å². The van der Waals surface area contributed by atoms with Gasteiger partial charge in [-0.25, -0.2) is 4.98 Å². The molecule has 0 bridgehead atoms. The summed E-state index contributed by atoms with van der Waals surface area (Å²) in [5.41, 5.74) is 3.16. The van der Waals surface area contributed by atoms with E-state index < -0.39 is 0 Å². The van der Waals surface area contributed by atoms with Crippen molar-refractivity contribution in [3.8, 4) is 11.5 Å². The van der Waals surface area contributed by atoms with Crippen molar-refractivity contribution in [3.05, 3.63) is 48.3 Å². The van der Waals surface area contributed by atoms with Crippen LogP contribution in [0.1, 0.15) is 16.9 Å². The van der Waals surface area contributed by atoms with Crippen molar-refractivity contribution in [2.75, 3.05) is 78.6 Å². The normalized spacial score (nSPS) is 14.5. The van der Waals surface area contributed by atoms with E-state index in [1.165, 1.54) is 6.20 Å². The molecule has 1 aliphatic rings. The van der Waals surface area contributed by atoms with E-state index in [0.29, 0.717) is 35.6 Å². The number of aromatic nitrogens is 2. The van der Waals surface area contributed by atoms with E-state index in [1.54, 1.807) is 20.3 Å². The SMILES string of the molecule is COc1cc(OC)cc(N(CCO)c2ccc3ncc(C(=O)NCCCN4CCN(C)CC4)nc3c2)c1. The smallest absolute Gasteiger partial charge is 0.271 e. The minimum absolute atomic E-state index is 0.0557. The summed E-state index contributed by atoms with van der Waals surface area (Å²) in [6.45, 7) is 6.16. The molecular weight excluding hydrogens is 472 g/mol. The molecule has 2 aromatic carbocycles. The van der Waals surface area contributed by atoms with Crippen LogP contribution < -0.4 is 19.7 Å². The summed E-state index contributed by atoms with van der Waals surface area (Å²) in [4.78, 5) is 28.5. The van der Waals surface area contributed by atoms with Crippen molar-refractivity contribution < 1.29 is 19.4 Å². The number of aliphatic hydroxyl groups is 1. The molecule has 0 aliphatic carbocycles. The number of fused-ring (bicyclic) bond motifs is 1. The second kappa shape index (κ2) is 12.7. The lowest BCUT2D eigenvalue weighted by atomic mass is 10.2. The van der Waals surface area contributed by atoms with Gasteiger partial charge in [0.05, 0.1) is 38.1 Å². The zero-order chi connectivity index (χ0) is 26.2. The van der Waals surface area contributed by atoms with Gasteiger partial charge in [0.1, 0.15) is 17.2 Å². The zero-order valence-electron chi connectivity index (χ0n) is 21.8. The molecule has 1 saturated heterocycles. The van der Waals surface area contributed by atoms with Crippen LogP contribution in [0.4, 0.5) is 11.4 Å². The Balaban J connectivity index is 1.47. The number of piperazine rings is 1. The number of anilines is 2. The maximum Gasteiger partial charge on any atom is 0.271 e. The molecule has 0 unspecified atom stereocenters. The number of amides is 1. The average molecular weight is 509 g/mol. The first-order valence-electron chi connectivity index (χ1n) is 12.6. The number of ether oxygens (including phenoxy) is 2. The summed E-state index contributed by atoms with van der Waals surface area (Å²) in [6.07, 6.45) is 2.40. The van der Waals surface area contributed by atoms with Crippen LogP contribution in [0.5, 0.6) is 11.5 Å². The van der Waals surface area contributed by atoms with Gasteiger partial charge >= 0.3 is 0 Å². The highest BCUT2D eigenvalue weighted by atomic mass is 16.5. The second-order valence-electron chi connectivity index (χ2n) is 9.13. The molecule has 198 valence electrons. The van der Waals surface area contributed by atoms with Gasteiger partial charge in [0.15, 0.2) is 0 Å². The quantitative estimate of drug-likeness (QED) is 0.377. The van der Waals surface area contributed by atoms with Crippen LogP contribution in [-0.2, 0) is 0 Å². The molecule has 0 radical (unpaired) electrons. The highest BCUT2D eigenvalue weighted by Crippen LogP contribution is 2.33. The van der Waals surface area contributed by atoms with Gasteiger partial charge < -0.3 is 34.6 Å². The summed E-state index contributed by atoms with van der Waals surface area (Å²) in [5, 5.41) is 12.7. The minimum atomic E-state index is -0.233. The van der Waals surface area contributed by atoms with Crippen LogP contribution in [0, 0.1) is 0 Å². The average Bonchev–Trinajstić information content (AvgIpc) is 2.93. The molecule has 37 heavy (non-hydrogen) atoms. The summed E-state index contributed by atoms with van der Waals surface area (Å²) in [6, 6.07) is 11.2. The van der Waals surface area contributed by atoms with Crippen LogP contribution in [-0.4, -0.2) is 104 Å². The topological polar surface area (TPSA) is 103 Å². The molecule has 1 aliphatic heterocycles. The molecule has 4 rings (SSSR count). The lowest BCUT2D eigenvalue weighted by Crippen LogP contribution is -2.45. The standard InChI is InChI=1S/C27H36N6O4/c1-31-9-11-32(12-10-31)8-4-7-28-27(35)26-19-29-24-6-5-20(17-25(24)30-26)33(13-14-34)21-15-22(36-2)18-23(16-21)37-3/h5-6,15-19,34H,4,7-14H2,1-3H3,(H,28,35). The number of benzene rings is 2. The molecule has 10 nitrogen and oxygen atoms in total. The third kappa shape index (κ3) is 6.85. The molecular formula is C27H36N6O4. The number of nitrogens with one attached hydrogen (secondary N) is 1. The Morgan fingerprint density at radius 2 is 1.76 bits per heavy atom. The van der Waals surface area contributed by atoms with Gasteiger partial charge in [0.25, 0.3) is 5.91 Å². The molecule has 1 fully saturated rings. The Hall–Kier alpha value is -3.47. The summed E-state index contributed by atoms with van der Waals surface area (Å²) in [5.74, 6) is 1.05. The van der Waals surface area contributed by atoms with Gasteiger partial charge in [0, 0.05) is 68.8 Å². The van der Waals surface area contributed by atoms with Gasteiger partial charge in [-0.3, -0.25) is 9.78 Å². The fourth-order valence-corrected chi connectivity index (χ4v) is 4.40. The molecule has 10 heteroatoms. The van der Waals surface area contributed by atoms with Gasteiger partial charge in [-0.1, -0.05) is 0 Å². The fourth-order valence-electron chi connectivity index (χ4n) is 4.40. The maximum atomic E-state index is 12.8. The highest BCUT2D eigenvalue weighted by Gasteiger charge is 2.16. The Morgan fingerprint density at radius 3 is 2.43 bits per heavy atom. The third-order valence-corrected chi connectivity index (χ3v) is 6.57. The number of nitrogens with zero attached hydrogens (tertiary/aromatic N) is 5. The molecule has 0 spiro atoms. The van der Waals surface area contributed by atoms with E-state index in [9.17, 15) is 9.90 Å². The van der Waals surface area contributed by atoms with Crippen molar-refractivity contribution in [3.63, 3.8) is 0 Å². The predicted octanol–water partition coefficient (Wildman–Crippen LogP) is 2.14. The lowest BCUT2D eigenvalue weighted by Gasteiger charge is -2.32. The first kappa shape index (κ1) is 26.6. The van der Waals surface area contributed by atoms with Gasteiger partial charge in [-0.2, -0.15) is 0 Å². The number of methoxy groups -OCH3 is 2. The summed E-state index contributed by atoms with van der Waals surface area (Å²) < 4.78 is 10.8. The minimum Gasteiger partial charge on any atom is -0.497 e. The Morgan fingerprint density at radius 1 is 1.03 bits per heavy atom. The molecule has 0 saturated carbocycles. The maximum absolute atomic E-state index is 12.8. The molecule has 3 aromatic rings. The van der Waals surface area contributed by atoms with E-state index in [-0.39, 0.29) is 18.2 Å². The second-order valence-corrected chi connectivity index (χ2v) is 9.13. The van der Waals surface area contributed by atoms with Crippen molar-refractivity contribution in [2.45, 2.75) is 6.42 Å². The van der Waals surface area contributed by atoms with E-state index >= 15 is 0 Å². The number of aliphatic hydroxyl groups excluding tert-OH is 1. The number of likely N-dealkylation sites (N-methyl/N-ethyl adjacent to an activating group) is 1. The molecule has 1 aromatic heterocycles. The van der Waals surface area contributed by atoms with Crippen molar-refractivity contribution in [1.29, 1.82) is 0 Å². The van der Waals surface area contributed by atoms with Crippen molar-refractivity contribution in [1.82, 2.24) is 25.1 Å². The Kier molecular flexibility index (Phi) is 9.10. The number of rotatable bonds is 11. The predicted molar refractivity (Wildman–Crippen MR) is 144 cm³/mol. The highest BCUT2D eigenvalue weighted by molar-refractivity contribution is 5.94. The van der Waals surface area contributed by atoms with Gasteiger partial charge in [-0.15, -0.1) is 0 Å². The van der Waals surface area contributed by atoms with E-state index in [1.807, 2.05) is 35.2 Å². The number of hydrogen-bond donors (Lipinski definition) is 2. The first-order valence-corrected chi connectivity index (χ1v) is 12.6. The number of carbonyl (C=O) groups is 1. The van der Waals surface area contributed by atoms with Gasteiger partial charge in [0.2, 0.25) is 0 Å². The van der Waals surface area contributed by atoms with E-state index in [4.69, 9.17) is 9.47 Å².